The second-order valence-electron chi connectivity index (χ2n) is 3.69. The molecule has 0 radical (unpaired) electrons. The van der Waals surface area contributed by atoms with Gasteiger partial charge in [0, 0.05) is 22.8 Å². The van der Waals surface area contributed by atoms with E-state index >= 15 is 0 Å². The first-order valence-corrected chi connectivity index (χ1v) is 5.55. The molecule has 5 heteroatoms. The predicted octanol–water partition coefficient (Wildman–Crippen LogP) is 1.86. The van der Waals surface area contributed by atoms with Gasteiger partial charge >= 0.3 is 0 Å². The van der Waals surface area contributed by atoms with Gasteiger partial charge in [-0.25, -0.2) is 4.98 Å². The Morgan fingerprint density at radius 1 is 1.35 bits per heavy atom. The minimum absolute atomic E-state index is 0.190. The van der Waals surface area contributed by atoms with Crippen LogP contribution in [0.4, 0.5) is 0 Å². The van der Waals surface area contributed by atoms with Gasteiger partial charge in [-0.1, -0.05) is 11.6 Å². The van der Waals surface area contributed by atoms with Gasteiger partial charge < -0.3 is 10.7 Å². The first-order chi connectivity index (χ1) is 8.11. The number of aromatic nitrogens is 2. The zero-order valence-electron chi connectivity index (χ0n) is 9.33. The number of H-pyrrole nitrogens is 1. The second kappa shape index (κ2) is 4.69. The van der Waals surface area contributed by atoms with Crippen molar-refractivity contribution in [1.82, 2.24) is 9.97 Å². The van der Waals surface area contributed by atoms with E-state index in [0.717, 1.165) is 5.56 Å². The van der Waals surface area contributed by atoms with Gasteiger partial charge in [0.2, 0.25) is 0 Å². The van der Waals surface area contributed by atoms with E-state index in [2.05, 4.69) is 9.97 Å². The summed E-state index contributed by atoms with van der Waals surface area (Å²) in [5, 5.41) is 0.645. The van der Waals surface area contributed by atoms with Crippen LogP contribution in [0.2, 0.25) is 5.02 Å². The van der Waals surface area contributed by atoms with Crippen molar-refractivity contribution >= 4 is 11.6 Å². The molecule has 4 nitrogen and oxygen atoms in total. The molecule has 0 bridgehead atoms. The van der Waals surface area contributed by atoms with Gasteiger partial charge in [-0.2, -0.15) is 0 Å². The Morgan fingerprint density at radius 3 is 2.53 bits per heavy atom. The molecular formula is C12H12ClN3O. The molecule has 0 unspecified atom stereocenters. The number of nitrogens with two attached hydrogens (primary N) is 1. The van der Waals surface area contributed by atoms with Gasteiger partial charge in [0.1, 0.15) is 5.82 Å². The average Bonchev–Trinajstić information content (AvgIpc) is 2.29. The first-order valence-electron chi connectivity index (χ1n) is 5.17. The van der Waals surface area contributed by atoms with Crippen molar-refractivity contribution in [3.63, 3.8) is 0 Å². The summed E-state index contributed by atoms with van der Waals surface area (Å²) in [6.45, 7) is 1.96. The molecule has 0 fully saturated rings. The monoisotopic (exact) mass is 249 g/mol. The number of hydrogen-bond donors (Lipinski definition) is 2. The first kappa shape index (κ1) is 11.8. The van der Waals surface area contributed by atoms with Crippen molar-refractivity contribution in [2.45, 2.75) is 13.5 Å². The Kier molecular flexibility index (Phi) is 3.26. The van der Waals surface area contributed by atoms with E-state index in [0.29, 0.717) is 22.1 Å². The smallest absolute Gasteiger partial charge is 0.255 e. The molecule has 1 heterocycles. The molecule has 0 saturated heterocycles. The number of rotatable bonds is 2. The highest BCUT2D eigenvalue weighted by atomic mass is 35.5. The maximum Gasteiger partial charge on any atom is 0.255 e. The number of nitrogens with zero attached hydrogens (tertiary/aromatic N) is 1. The van der Waals surface area contributed by atoms with E-state index in [1.54, 1.807) is 19.1 Å². The predicted molar refractivity (Wildman–Crippen MR) is 67.9 cm³/mol. The van der Waals surface area contributed by atoms with E-state index in [4.69, 9.17) is 17.3 Å². The number of aromatic amines is 1. The van der Waals surface area contributed by atoms with Crippen LogP contribution in [0.25, 0.3) is 11.4 Å². The number of nitrogens with one attached hydrogen (secondary N) is 1. The molecule has 0 amide bonds. The summed E-state index contributed by atoms with van der Waals surface area (Å²) in [6, 6.07) is 7.12. The van der Waals surface area contributed by atoms with Crippen LogP contribution in [-0.2, 0) is 6.54 Å². The minimum Gasteiger partial charge on any atom is -0.326 e. The molecule has 0 saturated carbocycles. The van der Waals surface area contributed by atoms with E-state index < -0.39 is 0 Å². The molecule has 1 aromatic carbocycles. The van der Waals surface area contributed by atoms with Crippen molar-refractivity contribution in [2.75, 3.05) is 0 Å². The van der Waals surface area contributed by atoms with E-state index in [-0.39, 0.29) is 12.1 Å². The number of hydrogen-bond acceptors (Lipinski definition) is 3. The Bertz CT molecular complexity index is 590. The lowest BCUT2D eigenvalue weighted by Crippen LogP contribution is -2.20. The zero-order valence-corrected chi connectivity index (χ0v) is 10.1. The summed E-state index contributed by atoms with van der Waals surface area (Å²) in [4.78, 5) is 18.8. The Balaban J connectivity index is 2.54. The van der Waals surface area contributed by atoms with E-state index in [1.165, 1.54) is 0 Å². The number of aryl methyl sites for hydroxylation is 1. The van der Waals surface area contributed by atoms with Crippen molar-refractivity contribution in [3.8, 4) is 11.4 Å². The molecule has 0 aliphatic carbocycles. The van der Waals surface area contributed by atoms with Crippen LogP contribution in [0.5, 0.6) is 0 Å². The quantitative estimate of drug-likeness (QED) is 0.853. The molecular weight excluding hydrogens is 238 g/mol. The van der Waals surface area contributed by atoms with E-state index in [1.807, 2.05) is 12.1 Å². The second-order valence-corrected chi connectivity index (χ2v) is 4.13. The van der Waals surface area contributed by atoms with Crippen LogP contribution < -0.4 is 11.3 Å². The lowest BCUT2D eigenvalue weighted by Gasteiger charge is -2.05. The van der Waals surface area contributed by atoms with Crippen molar-refractivity contribution in [1.29, 1.82) is 0 Å². The Hall–Kier alpha value is -1.65. The molecule has 0 aliphatic rings. The van der Waals surface area contributed by atoms with Crippen LogP contribution >= 0.6 is 11.6 Å². The van der Waals surface area contributed by atoms with Crippen molar-refractivity contribution < 1.29 is 0 Å². The summed E-state index contributed by atoms with van der Waals surface area (Å²) in [5.74, 6) is 0.529. The summed E-state index contributed by atoms with van der Waals surface area (Å²) < 4.78 is 0. The summed E-state index contributed by atoms with van der Waals surface area (Å²) >= 11 is 5.80. The third-order valence-electron chi connectivity index (χ3n) is 2.54. The molecule has 2 aromatic rings. The fraction of sp³-hybridized carbons (Fsp3) is 0.167. The highest BCUT2D eigenvalue weighted by Crippen LogP contribution is 2.17. The summed E-state index contributed by atoms with van der Waals surface area (Å²) in [7, 11) is 0. The Morgan fingerprint density at radius 2 is 2.00 bits per heavy atom. The molecule has 17 heavy (non-hydrogen) atoms. The number of benzene rings is 1. The molecule has 2 rings (SSSR count). The maximum atomic E-state index is 11.7. The van der Waals surface area contributed by atoms with Crippen LogP contribution in [0.1, 0.15) is 11.3 Å². The molecule has 3 N–H and O–H groups in total. The van der Waals surface area contributed by atoms with Gasteiger partial charge in [-0.15, -0.1) is 0 Å². The molecule has 88 valence electrons. The average molecular weight is 250 g/mol. The van der Waals surface area contributed by atoms with Crippen LogP contribution in [0.15, 0.2) is 29.1 Å². The fourth-order valence-corrected chi connectivity index (χ4v) is 1.72. The van der Waals surface area contributed by atoms with E-state index in [9.17, 15) is 4.79 Å². The SMILES string of the molecule is Cc1nc(-c2ccc(Cl)cc2)[nH]c(=O)c1CN. The Labute approximate surface area is 103 Å². The molecule has 0 atom stereocenters. The van der Waals surface area contributed by atoms with Gasteiger partial charge in [-0.05, 0) is 31.2 Å². The highest BCUT2D eigenvalue weighted by Gasteiger charge is 2.07. The van der Waals surface area contributed by atoms with Gasteiger partial charge in [0.15, 0.2) is 0 Å². The highest BCUT2D eigenvalue weighted by molar-refractivity contribution is 6.30. The standard InChI is InChI=1S/C12H12ClN3O/c1-7-10(6-14)12(17)16-11(15-7)8-2-4-9(13)5-3-8/h2-5H,6,14H2,1H3,(H,15,16,17). The topological polar surface area (TPSA) is 71.8 Å². The lowest BCUT2D eigenvalue weighted by molar-refractivity contribution is 0.943. The normalized spacial score (nSPS) is 10.5. The summed E-state index contributed by atoms with van der Waals surface area (Å²) in [6.07, 6.45) is 0. The summed E-state index contributed by atoms with van der Waals surface area (Å²) in [5.41, 5.74) is 7.28. The van der Waals surface area contributed by atoms with Crippen LogP contribution in [0, 0.1) is 6.92 Å². The van der Waals surface area contributed by atoms with Crippen LogP contribution in [0.3, 0.4) is 0 Å². The third kappa shape index (κ3) is 2.38. The van der Waals surface area contributed by atoms with Crippen LogP contribution in [-0.4, -0.2) is 9.97 Å². The van der Waals surface area contributed by atoms with Crippen molar-refractivity contribution in [3.05, 3.63) is 50.9 Å². The lowest BCUT2D eigenvalue weighted by atomic mass is 10.2. The molecule has 1 aromatic heterocycles. The fourth-order valence-electron chi connectivity index (χ4n) is 1.60. The largest absolute Gasteiger partial charge is 0.326 e. The van der Waals surface area contributed by atoms with Gasteiger partial charge in [-0.3, -0.25) is 4.79 Å². The van der Waals surface area contributed by atoms with Crippen molar-refractivity contribution in [2.24, 2.45) is 5.73 Å². The maximum absolute atomic E-state index is 11.7. The molecule has 0 aliphatic heterocycles. The third-order valence-corrected chi connectivity index (χ3v) is 2.80. The van der Waals surface area contributed by atoms with Gasteiger partial charge in [0.05, 0.1) is 5.56 Å². The van der Waals surface area contributed by atoms with Gasteiger partial charge in [0.25, 0.3) is 5.56 Å². The molecule has 0 spiro atoms. The minimum atomic E-state index is -0.190. The zero-order chi connectivity index (χ0) is 12.4. The number of halogens is 1.